The first kappa shape index (κ1) is 18.6. The highest BCUT2D eigenvalue weighted by molar-refractivity contribution is 7.09. The second-order valence-corrected chi connectivity index (χ2v) is 8.62. The van der Waals surface area contributed by atoms with Crippen molar-refractivity contribution in [2.45, 2.75) is 18.9 Å². The number of nitrogens with two attached hydrogens (primary N) is 1. The second-order valence-electron chi connectivity index (χ2n) is 7.24. The third-order valence-corrected chi connectivity index (χ3v) is 6.45. The summed E-state index contributed by atoms with van der Waals surface area (Å²) >= 11 is 7.71. The van der Waals surface area contributed by atoms with Gasteiger partial charge in [-0.05, 0) is 35.7 Å². The van der Waals surface area contributed by atoms with Crippen LogP contribution in [0.1, 0.15) is 27.7 Å². The van der Waals surface area contributed by atoms with E-state index in [-0.39, 0.29) is 0 Å². The number of likely N-dealkylation sites (tertiary alicyclic amines) is 1. The molecule has 1 fully saturated rings. The minimum absolute atomic E-state index is 0.513. The summed E-state index contributed by atoms with van der Waals surface area (Å²) in [6.07, 6.45) is 0.861. The van der Waals surface area contributed by atoms with Gasteiger partial charge in [0, 0.05) is 42.4 Å². The monoisotopic (exact) mass is 397 g/mol. The van der Waals surface area contributed by atoms with Gasteiger partial charge in [-0.25, -0.2) is 4.98 Å². The molecule has 5 heteroatoms. The van der Waals surface area contributed by atoms with Crippen molar-refractivity contribution in [1.29, 1.82) is 0 Å². The molecule has 2 atom stereocenters. The Labute approximate surface area is 169 Å². The third-order valence-electron chi connectivity index (χ3n) is 5.30. The average molecular weight is 398 g/mol. The standard InChI is InChI=1S/C22H24ClN3S/c23-19-8-6-16(7-9-19)10-22-25-20(15-27-22)13-26-12-18(11-24)21(14-26)17-4-2-1-3-5-17/h1-9,15,18,21H,10-14,24H2/t18-,21+/m1/s1. The zero-order valence-electron chi connectivity index (χ0n) is 15.2. The molecule has 0 amide bonds. The van der Waals surface area contributed by atoms with E-state index < -0.39 is 0 Å². The number of halogens is 1. The van der Waals surface area contributed by atoms with Crippen LogP contribution < -0.4 is 5.73 Å². The maximum absolute atomic E-state index is 6.07. The van der Waals surface area contributed by atoms with Gasteiger partial charge in [0.1, 0.15) is 0 Å². The largest absolute Gasteiger partial charge is 0.330 e. The number of aromatic nitrogens is 1. The van der Waals surface area contributed by atoms with Crippen LogP contribution >= 0.6 is 22.9 Å². The minimum atomic E-state index is 0.513. The van der Waals surface area contributed by atoms with Crippen molar-refractivity contribution in [3.05, 3.63) is 86.8 Å². The van der Waals surface area contributed by atoms with E-state index in [9.17, 15) is 0 Å². The van der Waals surface area contributed by atoms with Gasteiger partial charge in [0.25, 0.3) is 0 Å². The molecular formula is C22H24ClN3S. The molecule has 0 bridgehead atoms. The van der Waals surface area contributed by atoms with Gasteiger partial charge in [-0.3, -0.25) is 4.90 Å². The van der Waals surface area contributed by atoms with Crippen molar-refractivity contribution in [1.82, 2.24) is 9.88 Å². The van der Waals surface area contributed by atoms with Crippen molar-refractivity contribution in [2.75, 3.05) is 19.6 Å². The van der Waals surface area contributed by atoms with Crippen LogP contribution in [-0.4, -0.2) is 29.5 Å². The predicted octanol–water partition coefficient (Wildman–Crippen LogP) is 4.56. The summed E-state index contributed by atoms with van der Waals surface area (Å²) in [5, 5.41) is 4.12. The second kappa shape index (κ2) is 8.53. The number of rotatable bonds is 6. The maximum Gasteiger partial charge on any atom is 0.0972 e. The zero-order chi connectivity index (χ0) is 18.6. The van der Waals surface area contributed by atoms with Gasteiger partial charge in [0.05, 0.1) is 10.7 Å². The first-order valence-corrected chi connectivity index (χ1v) is 10.6. The van der Waals surface area contributed by atoms with E-state index in [1.807, 2.05) is 12.1 Å². The Hall–Kier alpha value is -1.72. The lowest BCUT2D eigenvalue weighted by Gasteiger charge is -2.16. The van der Waals surface area contributed by atoms with Gasteiger partial charge in [-0.15, -0.1) is 11.3 Å². The van der Waals surface area contributed by atoms with Gasteiger partial charge < -0.3 is 5.73 Å². The van der Waals surface area contributed by atoms with Crippen LogP contribution in [0, 0.1) is 5.92 Å². The molecule has 0 radical (unpaired) electrons. The molecule has 0 saturated carbocycles. The lowest BCUT2D eigenvalue weighted by Crippen LogP contribution is -2.23. The lowest BCUT2D eigenvalue weighted by atomic mass is 9.89. The number of nitrogens with zero attached hydrogens (tertiary/aromatic N) is 2. The molecule has 27 heavy (non-hydrogen) atoms. The third kappa shape index (κ3) is 4.58. The number of hydrogen-bond donors (Lipinski definition) is 1. The lowest BCUT2D eigenvalue weighted by molar-refractivity contribution is 0.313. The number of benzene rings is 2. The maximum atomic E-state index is 6.07. The summed E-state index contributed by atoms with van der Waals surface area (Å²) in [6.45, 7) is 3.72. The molecule has 2 N–H and O–H groups in total. The highest BCUT2D eigenvalue weighted by Gasteiger charge is 2.32. The fourth-order valence-electron chi connectivity index (χ4n) is 3.92. The summed E-state index contributed by atoms with van der Waals surface area (Å²) in [4.78, 5) is 7.35. The normalized spacial score (nSPS) is 20.2. The van der Waals surface area contributed by atoms with Gasteiger partial charge in [-0.1, -0.05) is 54.1 Å². The molecule has 4 rings (SSSR count). The fraction of sp³-hybridized carbons (Fsp3) is 0.318. The van der Waals surface area contributed by atoms with Gasteiger partial charge in [0.15, 0.2) is 0 Å². The van der Waals surface area contributed by atoms with Crippen LogP contribution in [0.3, 0.4) is 0 Å². The molecule has 0 aliphatic carbocycles. The first-order chi connectivity index (χ1) is 13.2. The molecule has 1 saturated heterocycles. The predicted molar refractivity (Wildman–Crippen MR) is 113 cm³/mol. The van der Waals surface area contributed by atoms with Crippen LogP contribution in [0.4, 0.5) is 0 Å². The van der Waals surface area contributed by atoms with Crippen molar-refractivity contribution < 1.29 is 0 Å². The van der Waals surface area contributed by atoms with Gasteiger partial charge >= 0.3 is 0 Å². The van der Waals surface area contributed by atoms with Crippen molar-refractivity contribution in [3.63, 3.8) is 0 Å². The highest BCUT2D eigenvalue weighted by Crippen LogP contribution is 2.33. The summed E-state index contributed by atoms with van der Waals surface area (Å²) < 4.78 is 0. The summed E-state index contributed by atoms with van der Waals surface area (Å²) in [6, 6.07) is 18.8. The van der Waals surface area contributed by atoms with E-state index in [0.29, 0.717) is 11.8 Å². The van der Waals surface area contributed by atoms with E-state index in [0.717, 1.165) is 48.3 Å². The topological polar surface area (TPSA) is 42.1 Å². The average Bonchev–Trinajstić information content (AvgIpc) is 3.31. The Balaban J connectivity index is 1.39. The zero-order valence-corrected chi connectivity index (χ0v) is 16.8. The van der Waals surface area contributed by atoms with Gasteiger partial charge in [0.2, 0.25) is 0 Å². The van der Waals surface area contributed by atoms with E-state index in [1.54, 1.807) is 11.3 Å². The number of hydrogen-bond acceptors (Lipinski definition) is 4. The van der Waals surface area contributed by atoms with Crippen LogP contribution in [0.2, 0.25) is 5.02 Å². The Morgan fingerprint density at radius 3 is 2.59 bits per heavy atom. The van der Waals surface area contributed by atoms with E-state index in [4.69, 9.17) is 22.3 Å². The number of thiazole rings is 1. The van der Waals surface area contributed by atoms with Crippen LogP contribution in [0.25, 0.3) is 0 Å². The molecule has 3 nitrogen and oxygen atoms in total. The first-order valence-electron chi connectivity index (χ1n) is 9.36. The molecule has 3 aromatic rings. The molecular weight excluding hydrogens is 374 g/mol. The Morgan fingerprint density at radius 2 is 1.85 bits per heavy atom. The molecule has 140 valence electrons. The Kier molecular flexibility index (Phi) is 5.89. The Morgan fingerprint density at radius 1 is 1.07 bits per heavy atom. The molecule has 1 aromatic heterocycles. The fourth-order valence-corrected chi connectivity index (χ4v) is 4.86. The molecule has 0 spiro atoms. The minimum Gasteiger partial charge on any atom is -0.330 e. The molecule has 1 aliphatic heterocycles. The molecule has 2 heterocycles. The summed E-state index contributed by atoms with van der Waals surface area (Å²) in [7, 11) is 0. The van der Waals surface area contributed by atoms with Crippen LogP contribution in [0.15, 0.2) is 60.0 Å². The van der Waals surface area contributed by atoms with Crippen LogP contribution in [0.5, 0.6) is 0 Å². The molecule has 2 aromatic carbocycles. The Bertz CT molecular complexity index is 863. The smallest absolute Gasteiger partial charge is 0.0972 e. The molecule has 1 aliphatic rings. The van der Waals surface area contributed by atoms with Crippen molar-refractivity contribution >= 4 is 22.9 Å². The van der Waals surface area contributed by atoms with Crippen molar-refractivity contribution in [2.24, 2.45) is 11.7 Å². The van der Waals surface area contributed by atoms with Gasteiger partial charge in [-0.2, -0.15) is 0 Å². The summed E-state index contributed by atoms with van der Waals surface area (Å²) in [5.74, 6) is 1.03. The van der Waals surface area contributed by atoms with Crippen LogP contribution in [-0.2, 0) is 13.0 Å². The SMILES string of the molecule is NC[C@@H]1CN(Cc2csc(Cc3ccc(Cl)cc3)n2)C[C@H]1c1ccccc1. The quantitative estimate of drug-likeness (QED) is 0.662. The highest BCUT2D eigenvalue weighted by atomic mass is 35.5. The van der Waals surface area contributed by atoms with E-state index in [1.165, 1.54) is 11.1 Å². The summed E-state index contributed by atoms with van der Waals surface area (Å²) in [5.41, 5.74) is 9.87. The van der Waals surface area contributed by atoms with E-state index in [2.05, 4.69) is 52.7 Å². The van der Waals surface area contributed by atoms with Crippen molar-refractivity contribution in [3.8, 4) is 0 Å². The molecule has 0 unspecified atom stereocenters. The van der Waals surface area contributed by atoms with E-state index >= 15 is 0 Å².